The Hall–Kier alpha value is -1.73. The van der Waals surface area contributed by atoms with Crippen molar-refractivity contribution in [3.05, 3.63) is 67.6 Å². The Morgan fingerprint density at radius 1 is 1.07 bits per heavy atom. The lowest BCUT2D eigenvalue weighted by Gasteiger charge is -2.21. The quantitative estimate of drug-likeness (QED) is 0.277. The van der Waals surface area contributed by atoms with E-state index in [1.165, 1.54) is 19.3 Å². The molecule has 0 spiro atoms. The van der Waals surface area contributed by atoms with E-state index in [0.29, 0.717) is 16.0 Å². The van der Waals surface area contributed by atoms with Crippen molar-refractivity contribution in [2.45, 2.75) is 32.1 Å². The van der Waals surface area contributed by atoms with Crippen LogP contribution in [-0.2, 0) is 0 Å². The minimum absolute atomic E-state index is 0.544. The van der Waals surface area contributed by atoms with Crippen molar-refractivity contribution in [1.82, 2.24) is 20.0 Å². The van der Waals surface area contributed by atoms with E-state index in [9.17, 15) is 0 Å². The Morgan fingerprint density at radius 3 is 2.50 bits per heavy atom. The standard InChI is InChI=1S/C22H17BrCl2N4S/c1-12-19(22-27-26-21(30-22)14-3-2-4-14)28-29(18-10-9-16(24)11-17(18)25)20(12)13-5-7-15(23)8-6-13/h5-11,14H,2-4H2,1H3. The maximum Gasteiger partial charge on any atom is 0.168 e. The predicted molar refractivity (Wildman–Crippen MR) is 127 cm³/mol. The second-order valence-electron chi connectivity index (χ2n) is 7.41. The van der Waals surface area contributed by atoms with E-state index in [1.54, 1.807) is 17.4 Å². The maximum absolute atomic E-state index is 6.55. The van der Waals surface area contributed by atoms with Gasteiger partial charge < -0.3 is 0 Å². The highest BCUT2D eigenvalue weighted by Crippen LogP contribution is 2.41. The van der Waals surface area contributed by atoms with Gasteiger partial charge in [0.15, 0.2) is 5.01 Å². The van der Waals surface area contributed by atoms with Crippen molar-refractivity contribution in [2.75, 3.05) is 0 Å². The first-order valence-corrected chi connectivity index (χ1v) is 12.0. The van der Waals surface area contributed by atoms with Crippen LogP contribution in [0.25, 0.3) is 27.6 Å². The van der Waals surface area contributed by atoms with Crippen molar-refractivity contribution in [3.8, 4) is 27.6 Å². The molecule has 2 aromatic heterocycles. The van der Waals surface area contributed by atoms with Gasteiger partial charge in [-0.05, 0) is 50.1 Å². The first-order valence-electron chi connectivity index (χ1n) is 9.66. The molecular formula is C22H17BrCl2N4S. The molecule has 2 heterocycles. The van der Waals surface area contributed by atoms with Crippen LogP contribution in [-0.4, -0.2) is 20.0 Å². The smallest absolute Gasteiger partial charge is 0.168 e. The summed E-state index contributed by atoms with van der Waals surface area (Å²) in [6.07, 6.45) is 3.68. The SMILES string of the molecule is Cc1c(-c2nnc(C3CCC3)s2)nn(-c2ccc(Cl)cc2Cl)c1-c1ccc(Br)cc1. The van der Waals surface area contributed by atoms with Gasteiger partial charge in [-0.3, -0.25) is 0 Å². The molecule has 30 heavy (non-hydrogen) atoms. The largest absolute Gasteiger partial charge is 0.231 e. The molecule has 8 heteroatoms. The van der Waals surface area contributed by atoms with Gasteiger partial charge in [-0.25, -0.2) is 4.68 Å². The number of halogens is 3. The molecule has 5 rings (SSSR count). The Morgan fingerprint density at radius 2 is 1.83 bits per heavy atom. The fraction of sp³-hybridized carbons (Fsp3) is 0.227. The maximum atomic E-state index is 6.55. The summed E-state index contributed by atoms with van der Waals surface area (Å²) in [5.41, 5.74) is 4.67. The molecule has 0 amide bonds. The summed E-state index contributed by atoms with van der Waals surface area (Å²) in [6, 6.07) is 13.6. The zero-order valence-corrected chi connectivity index (χ0v) is 20.0. The summed E-state index contributed by atoms with van der Waals surface area (Å²) >= 11 is 17.8. The van der Waals surface area contributed by atoms with Gasteiger partial charge in [0.25, 0.3) is 0 Å². The van der Waals surface area contributed by atoms with Crippen LogP contribution < -0.4 is 0 Å². The van der Waals surface area contributed by atoms with Crippen LogP contribution in [0.1, 0.15) is 35.8 Å². The molecule has 1 saturated carbocycles. The second-order valence-corrected chi connectivity index (χ2v) is 10.2. The van der Waals surface area contributed by atoms with Gasteiger partial charge >= 0.3 is 0 Å². The Kier molecular flexibility index (Phi) is 5.44. The summed E-state index contributed by atoms with van der Waals surface area (Å²) in [7, 11) is 0. The van der Waals surface area contributed by atoms with Crippen LogP contribution >= 0.6 is 50.5 Å². The third-order valence-electron chi connectivity index (χ3n) is 5.48. The summed E-state index contributed by atoms with van der Waals surface area (Å²) in [6.45, 7) is 2.07. The van der Waals surface area contributed by atoms with E-state index in [1.807, 2.05) is 28.9 Å². The normalized spacial score (nSPS) is 14.1. The monoisotopic (exact) mass is 518 g/mol. The highest BCUT2D eigenvalue weighted by atomic mass is 79.9. The molecule has 2 aromatic carbocycles. The first kappa shape index (κ1) is 20.2. The van der Waals surface area contributed by atoms with E-state index in [2.05, 4.69) is 45.2 Å². The van der Waals surface area contributed by atoms with Gasteiger partial charge in [-0.15, -0.1) is 10.2 Å². The first-order chi connectivity index (χ1) is 14.5. The number of hydrogen-bond acceptors (Lipinski definition) is 4. The molecular weight excluding hydrogens is 503 g/mol. The van der Waals surface area contributed by atoms with E-state index < -0.39 is 0 Å². The lowest BCUT2D eigenvalue weighted by Crippen LogP contribution is -2.07. The van der Waals surface area contributed by atoms with Gasteiger partial charge in [-0.1, -0.05) is 69.0 Å². The summed E-state index contributed by atoms with van der Waals surface area (Å²) in [5, 5.41) is 17.0. The van der Waals surface area contributed by atoms with Crippen LogP contribution in [0.15, 0.2) is 46.9 Å². The van der Waals surface area contributed by atoms with Crippen molar-refractivity contribution in [1.29, 1.82) is 0 Å². The van der Waals surface area contributed by atoms with Crippen LogP contribution in [0.4, 0.5) is 0 Å². The average molecular weight is 520 g/mol. The van der Waals surface area contributed by atoms with E-state index >= 15 is 0 Å². The highest BCUT2D eigenvalue weighted by Gasteiger charge is 2.26. The molecule has 0 bridgehead atoms. The lowest BCUT2D eigenvalue weighted by molar-refractivity contribution is 0.416. The minimum Gasteiger partial charge on any atom is -0.231 e. The van der Waals surface area contributed by atoms with E-state index in [0.717, 1.165) is 42.7 Å². The number of benzene rings is 2. The van der Waals surface area contributed by atoms with Crippen molar-refractivity contribution >= 4 is 50.5 Å². The molecule has 4 nitrogen and oxygen atoms in total. The van der Waals surface area contributed by atoms with Crippen LogP contribution in [0.5, 0.6) is 0 Å². The van der Waals surface area contributed by atoms with Crippen LogP contribution in [0, 0.1) is 6.92 Å². The Balaban J connectivity index is 1.69. The molecule has 0 N–H and O–H groups in total. The van der Waals surface area contributed by atoms with Gasteiger partial charge in [0.1, 0.15) is 10.7 Å². The second kappa shape index (κ2) is 8.08. The van der Waals surface area contributed by atoms with Gasteiger partial charge in [0.05, 0.1) is 16.4 Å². The number of hydrogen-bond donors (Lipinski definition) is 0. The van der Waals surface area contributed by atoms with Crippen molar-refractivity contribution in [3.63, 3.8) is 0 Å². The Bertz CT molecular complexity index is 1230. The summed E-state index contributed by atoms with van der Waals surface area (Å²) in [4.78, 5) is 0. The fourth-order valence-corrected chi connectivity index (χ4v) is 5.43. The lowest BCUT2D eigenvalue weighted by atomic mass is 9.86. The molecule has 0 unspecified atom stereocenters. The molecule has 0 aliphatic heterocycles. The predicted octanol–water partition coefficient (Wildman–Crippen LogP) is 7.70. The van der Waals surface area contributed by atoms with Gasteiger partial charge in [0.2, 0.25) is 0 Å². The van der Waals surface area contributed by atoms with Gasteiger partial charge in [0, 0.05) is 26.5 Å². The molecule has 1 fully saturated rings. The van der Waals surface area contributed by atoms with E-state index in [-0.39, 0.29) is 0 Å². The molecule has 4 aromatic rings. The molecule has 1 aliphatic rings. The molecule has 0 atom stereocenters. The van der Waals surface area contributed by atoms with Crippen molar-refractivity contribution in [2.24, 2.45) is 0 Å². The zero-order valence-electron chi connectivity index (χ0n) is 16.1. The molecule has 1 aliphatic carbocycles. The topological polar surface area (TPSA) is 43.6 Å². The van der Waals surface area contributed by atoms with Crippen molar-refractivity contribution < 1.29 is 0 Å². The van der Waals surface area contributed by atoms with Crippen LogP contribution in [0.3, 0.4) is 0 Å². The molecule has 152 valence electrons. The number of rotatable bonds is 4. The average Bonchev–Trinajstić information content (AvgIpc) is 3.26. The molecule has 0 saturated heterocycles. The highest BCUT2D eigenvalue weighted by molar-refractivity contribution is 9.10. The van der Waals surface area contributed by atoms with Crippen LogP contribution in [0.2, 0.25) is 10.0 Å². The van der Waals surface area contributed by atoms with E-state index in [4.69, 9.17) is 28.3 Å². The zero-order chi connectivity index (χ0) is 20.8. The molecule has 0 radical (unpaired) electrons. The summed E-state index contributed by atoms with van der Waals surface area (Å²) < 4.78 is 2.91. The third kappa shape index (κ3) is 3.60. The fourth-order valence-electron chi connectivity index (χ4n) is 3.62. The third-order valence-corrected chi connectivity index (χ3v) is 7.63. The number of nitrogens with zero attached hydrogens (tertiary/aromatic N) is 4. The summed E-state index contributed by atoms with van der Waals surface area (Å²) in [5.74, 6) is 0.551. The number of aromatic nitrogens is 4. The minimum atomic E-state index is 0.544. The Labute approximate surface area is 197 Å². The van der Waals surface area contributed by atoms with Gasteiger partial charge in [-0.2, -0.15) is 5.10 Å².